The van der Waals surface area contributed by atoms with Gasteiger partial charge in [0.1, 0.15) is 0 Å². The van der Waals surface area contributed by atoms with E-state index in [0.29, 0.717) is 0 Å². The number of hydrogen-bond donors (Lipinski definition) is 0. The van der Waals surface area contributed by atoms with Gasteiger partial charge < -0.3 is 9.80 Å². The van der Waals surface area contributed by atoms with Gasteiger partial charge in [0.05, 0.1) is 0 Å². The minimum atomic E-state index is 0. The first-order chi connectivity index (χ1) is 8.63. The van der Waals surface area contributed by atoms with Gasteiger partial charge in [0.15, 0.2) is 0 Å². The third kappa shape index (κ3) is 29.1. The predicted octanol–water partition coefficient (Wildman–Crippen LogP) is -3.07. The first-order valence-corrected chi connectivity index (χ1v) is 6.25. The van der Waals surface area contributed by atoms with E-state index >= 15 is 0 Å². The van der Waals surface area contributed by atoms with Crippen molar-refractivity contribution in [1.82, 2.24) is 9.80 Å². The first-order valence-electron chi connectivity index (χ1n) is 6.25. The van der Waals surface area contributed by atoms with Gasteiger partial charge in [-0.15, -0.1) is 0 Å². The van der Waals surface area contributed by atoms with Crippen molar-refractivity contribution in [2.45, 2.75) is 0 Å². The molecule has 0 aliphatic heterocycles. The van der Waals surface area contributed by atoms with E-state index in [9.17, 15) is 0 Å². The molecular weight excluding hydrogens is 290 g/mol. The van der Waals surface area contributed by atoms with Gasteiger partial charge in [0, 0.05) is 13.1 Å². The van der Waals surface area contributed by atoms with Crippen LogP contribution in [0.2, 0.25) is 0 Å². The fourth-order valence-electron chi connectivity index (χ4n) is 1.04. The molecule has 0 atom stereocenters. The molecular formula is C16H26FeLi2N2+2. The molecule has 0 amide bonds. The topological polar surface area (TPSA) is 6.48 Å². The van der Waals surface area contributed by atoms with Crippen LogP contribution in [0.15, 0.2) is 60.7 Å². The van der Waals surface area contributed by atoms with Crippen molar-refractivity contribution in [3.63, 3.8) is 0 Å². The smallest absolute Gasteiger partial charge is 0.308 e. The van der Waals surface area contributed by atoms with Crippen LogP contribution >= 0.6 is 0 Å². The Morgan fingerprint density at radius 2 is 0.857 bits per heavy atom. The molecule has 108 valence electrons. The Morgan fingerprint density at radius 3 is 0.952 bits per heavy atom. The molecule has 0 spiro atoms. The minimum Gasteiger partial charge on any atom is -0.308 e. The van der Waals surface area contributed by atoms with Crippen LogP contribution in [0.5, 0.6) is 0 Å². The molecule has 0 aliphatic carbocycles. The average molecular weight is 316 g/mol. The second-order valence-electron chi connectivity index (χ2n) is 4.53. The molecule has 5 heteroatoms. The molecule has 0 saturated heterocycles. The maximum Gasteiger partial charge on any atom is 2.00 e. The van der Waals surface area contributed by atoms with Crippen molar-refractivity contribution in [1.29, 1.82) is 0 Å². The van der Waals surface area contributed by atoms with Gasteiger partial charge in [0.25, 0.3) is 0 Å². The van der Waals surface area contributed by atoms with Crippen LogP contribution in [0.25, 0.3) is 0 Å². The standard InChI is InChI=1S/C6H16N2.2C5H5.Fe.2Li/c1-7(2)5-6-8(3)4;2*1-2-4-5-3-1;;;/h5-6H2,1-4H3;2*1-5H;;;/q;2*-1;+2;2*+1. The number of likely N-dealkylation sites (N-methyl/N-ethyl adjacent to an activating group) is 2. The fourth-order valence-corrected chi connectivity index (χ4v) is 1.04. The normalized spacial score (nSPS) is 8.10. The van der Waals surface area contributed by atoms with Gasteiger partial charge in [-0.25, -0.2) is 24.3 Å². The summed E-state index contributed by atoms with van der Waals surface area (Å²) in [5, 5.41) is 0. The van der Waals surface area contributed by atoms with E-state index in [2.05, 4.69) is 38.0 Å². The van der Waals surface area contributed by atoms with Crippen molar-refractivity contribution in [2.75, 3.05) is 41.3 Å². The molecule has 21 heavy (non-hydrogen) atoms. The SMILES string of the molecule is CN(C)CCN(C)C.[Fe+2].[Li+].[Li+].c1cc[cH-]c1.c1cc[cH-]c1. The van der Waals surface area contributed by atoms with Crippen LogP contribution in [-0.2, 0) is 17.1 Å². The van der Waals surface area contributed by atoms with Gasteiger partial charge in [0.2, 0.25) is 0 Å². The van der Waals surface area contributed by atoms with E-state index in [-0.39, 0.29) is 54.8 Å². The van der Waals surface area contributed by atoms with Crippen molar-refractivity contribution >= 4 is 0 Å². The summed E-state index contributed by atoms with van der Waals surface area (Å²) in [6, 6.07) is 20.0. The predicted molar refractivity (Wildman–Crippen MR) is 81.2 cm³/mol. The summed E-state index contributed by atoms with van der Waals surface area (Å²) < 4.78 is 0. The van der Waals surface area contributed by atoms with E-state index < -0.39 is 0 Å². The maximum atomic E-state index is 2.18. The van der Waals surface area contributed by atoms with Crippen molar-refractivity contribution in [2.24, 2.45) is 0 Å². The first kappa shape index (κ1) is 29.4. The summed E-state index contributed by atoms with van der Waals surface area (Å²) in [6.45, 7) is 2.29. The third-order valence-corrected chi connectivity index (χ3v) is 2.11. The van der Waals surface area contributed by atoms with Gasteiger partial charge in [-0.3, -0.25) is 0 Å². The molecule has 2 rings (SSSR count). The number of hydrogen-bond acceptors (Lipinski definition) is 2. The van der Waals surface area contributed by atoms with E-state index in [1.54, 1.807) is 0 Å². The Balaban J connectivity index is -0.0000000989. The largest absolute Gasteiger partial charge is 2.00 e. The Labute approximate surface area is 165 Å². The van der Waals surface area contributed by atoms with E-state index in [0.717, 1.165) is 13.1 Å². The van der Waals surface area contributed by atoms with Crippen molar-refractivity contribution < 1.29 is 54.8 Å². The Hall–Kier alpha value is 0.334. The average Bonchev–Trinajstić information content (AvgIpc) is 3.03. The number of nitrogens with zero attached hydrogens (tertiary/aromatic N) is 2. The van der Waals surface area contributed by atoms with E-state index in [4.69, 9.17) is 0 Å². The van der Waals surface area contributed by atoms with Crippen LogP contribution in [-0.4, -0.2) is 51.1 Å². The molecule has 0 saturated carbocycles. The zero-order valence-corrected chi connectivity index (χ0v) is 15.5. The maximum absolute atomic E-state index is 2.18. The summed E-state index contributed by atoms with van der Waals surface area (Å²) in [4.78, 5) is 4.36. The summed E-state index contributed by atoms with van der Waals surface area (Å²) in [5.41, 5.74) is 0. The molecule has 2 aromatic carbocycles. The summed E-state index contributed by atoms with van der Waals surface area (Å²) in [7, 11) is 8.35. The van der Waals surface area contributed by atoms with Gasteiger partial charge >= 0.3 is 54.8 Å². The molecule has 0 aliphatic rings. The van der Waals surface area contributed by atoms with Gasteiger partial charge in [-0.2, -0.15) is 36.4 Å². The van der Waals surface area contributed by atoms with Gasteiger partial charge in [-0.1, -0.05) is 0 Å². The van der Waals surface area contributed by atoms with Gasteiger partial charge in [-0.05, 0) is 28.2 Å². The monoisotopic (exact) mass is 316 g/mol. The molecule has 2 nitrogen and oxygen atoms in total. The van der Waals surface area contributed by atoms with Crippen LogP contribution < -0.4 is 37.7 Å². The Morgan fingerprint density at radius 1 is 0.619 bits per heavy atom. The molecule has 0 radical (unpaired) electrons. The van der Waals surface area contributed by atoms with Crippen LogP contribution in [0, 0.1) is 0 Å². The van der Waals surface area contributed by atoms with Crippen molar-refractivity contribution in [3.05, 3.63) is 60.7 Å². The second kappa shape index (κ2) is 22.6. The fraction of sp³-hybridized carbons (Fsp3) is 0.375. The quantitative estimate of drug-likeness (QED) is 0.438. The number of rotatable bonds is 3. The molecule has 0 fully saturated rings. The Bertz CT molecular complexity index is 253. The molecule has 0 bridgehead atoms. The Kier molecular flexibility index (Phi) is 31.6. The molecule has 0 N–H and O–H groups in total. The van der Waals surface area contributed by atoms with E-state index in [1.165, 1.54) is 0 Å². The van der Waals surface area contributed by atoms with Crippen LogP contribution in [0.4, 0.5) is 0 Å². The van der Waals surface area contributed by atoms with Crippen LogP contribution in [0.1, 0.15) is 0 Å². The summed E-state index contributed by atoms with van der Waals surface area (Å²) in [6.07, 6.45) is 0. The van der Waals surface area contributed by atoms with E-state index in [1.807, 2.05) is 60.7 Å². The molecule has 0 unspecified atom stereocenters. The summed E-state index contributed by atoms with van der Waals surface area (Å²) >= 11 is 0. The minimum absolute atomic E-state index is 0. The summed E-state index contributed by atoms with van der Waals surface area (Å²) in [5.74, 6) is 0. The third-order valence-electron chi connectivity index (χ3n) is 2.11. The van der Waals surface area contributed by atoms with Crippen molar-refractivity contribution in [3.8, 4) is 0 Å². The molecule has 0 aromatic heterocycles. The second-order valence-corrected chi connectivity index (χ2v) is 4.53. The molecule has 2 aromatic rings. The van der Waals surface area contributed by atoms with Crippen LogP contribution in [0.3, 0.4) is 0 Å². The zero-order chi connectivity index (χ0) is 13.6. The molecule has 0 heterocycles. The zero-order valence-electron chi connectivity index (χ0n) is 14.4.